The van der Waals surface area contributed by atoms with Gasteiger partial charge in [0, 0.05) is 12.6 Å². The Morgan fingerprint density at radius 1 is 1.50 bits per heavy atom. The van der Waals surface area contributed by atoms with Crippen molar-refractivity contribution in [1.82, 2.24) is 5.32 Å². The fraction of sp³-hybridized carbons (Fsp3) is 0.462. The zero-order valence-corrected chi connectivity index (χ0v) is 10.1. The van der Waals surface area contributed by atoms with Gasteiger partial charge in [0.2, 0.25) is 5.91 Å². The van der Waals surface area contributed by atoms with Crippen molar-refractivity contribution < 1.29 is 13.9 Å². The molecule has 1 aliphatic rings. The molecule has 0 aromatic heterocycles. The summed E-state index contributed by atoms with van der Waals surface area (Å²) in [5, 5.41) is 2.80. The molecule has 1 heterocycles. The number of halogens is 1. The monoisotopic (exact) mass is 252 g/mol. The van der Waals surface area contributed by atoms with Crippen LogP contribution in [0.25, 0.3) is 0 Å². The molecular formula is C13H17FN2O2. The topological polar surface area (TPSA) is 64.3 Å². The Morgan fingerprint density at radius 2 is 2.33 bits per heavy atom. The third kappa shape index (κ3) is 3.27. The van der Waals surface area contributed by atoms with Crippen LogP contribution in [0.4, 0.5) is 4.39 Å². The highest BCUT2D eigenvalue weighted by molar-refractivity contribution is 5.79. The van der Waals surface area contributed by atoms with Crippen LogP contribution in [-0.4, -0.2) is 31.7 Å². The minimum absolute atomic E-state index is 0.0867. The molecule has 2 unspecified atom stereocenters. The first-order chi connectivity index (χ1) is 8.66. The molecule has 1 aliphatic heterocycles. The number of rotatable bonds is 4. The first-order valence-corrected chi connectivity index (χ1v) is 6.02. The van der Waals surface area contributed by atoms with Gasteiger partial charge in [-0.25, -0.2) is 4.39 Å². The number of carbonyl (C=O) groups excluding carboxylic acids is 1. The molecule has 0 aliphatic carbocycles. The van der Waals surface area contributed by atoms with E-state index in [1.807, 2.05) is 6.07 Å². The lowest BCUT2D eigenvalue weighted by Gasteiger charge is -2.13. The molecule has 4 nitrogen and oxygen atoms in total. The fourth-order valence-corrected chi connectivity index (χ4v) is 1.99. The Balaban J connectivity index is 1.77. The number of benzene rings is 1. The Hall–Kier alpha value is -1.46. The summed E-state index contributed by atoms with van der Waals surface area (Å²) >= 11 is 0. The van der Waals surface area contributed by atoms with Gasteiger partial charge < -0.3 is 15.8 Å². The van der Waals surface area contributed by atoms with Crippen LogP contribution >= 0.6 is 0 Å². The molecule has 1 amide bonds. The van der Waals surface area contributed by atoms with E-state index < -0.39 is 0 Å². The second kappa shape index (κ2) is 5.93. The molecule has 3 N–H and O–H groups in total. The van der Waals surface area contributed by atoms with E-state index in [1.165, 1.54) is 12.1 Å². The van der Waals surface area contributed by atoms with Gasteiger partial charge in [-0.2, -0.15) is 0 Å². The molecule has 1 aromatic rings. The summed E-state index contributed by atoms with van der Waals surface area (Å²) in [5.74, 6) is -0.612. The normalized spacial score (nSPS) is 23.0. The number of carbonyl (C=O) groups is 1. The van der Waals surface area contributed by atoms with Gasteiger partial charge in [-0.1, -0.05) is 12.1 Å². The number of nitrogens with one attached hydrogen (secondary N) is 1. The molecule has 18 heavy (non-hydrogen) atoms. The molecule has 0 saturated carbocycles. The van der Waals surface area contributed by atoms with E-state index in [0.29, 0.717) is 26.2 Å². The maximum absolute atomic E-state index is 12.9. The maximum atomic E-state index is 12.9. The van der Waals surface area contributed by atoms with E-state index >= 15 is 0 Å². The van der Waals surface area contributed by atoms with Crippen LogP contribution in [0.1, 0.15) is 5.56 Å². The highest BCUT2D eigenvalue weighted by Crippen LogP contribution is 2.11. The van der Waals surface area contributed by atoms with Crippen molar-refractivity contribution in [1.29, 1.82) is 0 Å². The third-order valence-electron chi connectivity index (χ3n) is 3.06. The zero-order chi connectivity index (χ0) is 13.0. The molecular weight excluding hydrogens is 235 g/mol. The molecule has 0 spiro atoms. The molecule has 1 aromatic carbocycles. The van der Waals surface area contributed by atoms with Crippen molar-refractivity contribution in [2.75, 3.05) is 19.8 Å². The van der Waals surface area contributed by atoms with Crippen molar-refractivity contribution in [3.63, 3.8) is 0 Å². The molecule has 2 rings (SSSR count). The van der Waals surface area contributed by atoms with Crippen molar-refractivity contribution >= 4 is 5.91 Å². The third-order valence-corrected chi connectivity index (χ3v) is 3.06. The summed E-state index contributed by atoms with van der Waals surface area (Å²) in [4.78, 5) is 11.8. The zero-order valence-electron chi connectivity index (χ0n) is 10.1. The largest absolute Gasteiger partial charge is 0.379 e. The summed E-state index contributed by atoms with van der Waals surface area (Å²) in [5.41, 5.74) is 6.61. The highest BCUT2D eigenvalue weighted by atomic mass is 19.1. The van der Waals surface area contributed by atoms with E-state index in [0.717, 1.165) is 5.56 Å². The van der Waals surface area contributed by atoms with Crippen LogP contribution in [0.5, 0.6) is 0 Å². The Morgan fingerprint density at radius 3 is 3.00 bits per heavy atom. The molecule has 2 atom stereocenters. The number of hydrogen-bond donors (Lipinski definition) is 2. The van der Waals surface area contributed by atoms with Crippen molar-refractivity contribution in [2.24, 2.45) is 11.7 Å². The van der Waals surface area contributed by atoms with Crippen LogP contribution in [0.15, 0.2) is 24.3 Å². The Labute approximate surface area is 105 Å². The summed E-state index contributed by atoms with van der Waals surface area (Å²) in [6.45, 7) is 1.29. The van der Waals surface area contributed by atoms with Gasteiger partial charge in [-0.3, -0.25) is 4.79 Å². The van der Waals surface area contributed by atoms with Crippen LogP contribution in [0, 0.1) is 11.7 Å². The summed E-state index contributed by atoms with van der Waals surface area (Å²) in [7, 11) is 0. The molecule has 5 heteroatoms. The van der Waals surface area contributed by atoms with E-state index in [-0.39, 0.29) is 23.7 Å². The summed E-state index contributed by atoms with van der Waals surface area (Å²) in [6.07, 6.45) is 0.603. The van der Waals surface area contributed by atoms with E-state index in [2.05, 4.69) is 5.32 Å². The lowest BCUT2D eigenvalue weighted by atomic mass is 10.0. The van der Waals surface area contributed by atoms with Crippen molar-refractivity contribution in [2.45, 2.75) is 12.5 Å². The van der Waals surface area contributed by atoms with Crippen molar-refractivity contribution in [3.05, 3.63) is 35.6 Å². The first kappa shape index (κ1) is 13.0. The quantitative estimate of drug-likeness (QED) is 0.818. The Kier molecular flexibility index (Phi) is 4.28. The lowest BCUT2D eigenvalue weighted by molar-refractivity contribution is -0.125. The molecule has 1 saturated heterocycles. The van der Waals surface area contributed by atoms with Crippen LogP contribution in [0.3, 0.4) is 0 Å². The predicted molar refractivity (Wildman–Crippen MR) is 65.4 cm³/mol. The fourth-order valence-electron chi connectivity index (χ4n) is 1.99. The number of ether oxygens (including phenoxy) is 1. The second-order valence-corrected chi connectivity index (χ2v) is 4.48. The van der Waals surface area contributed by atoms with Gasteiger partial charge >= 0.3 is 0 Å². The van der Waals surface area contributed by atoms with Gasteiger partial charge in [0.05, 0.1) is 19.1 Å². The lowest BCUT2D eigenvalue weighted by Crippen LogP contribution is -2.41. The molecule has 98 valence electrons. The highest BCUT2D eigenvalue weighted by Gasteiger charge is 2.30. The van der Waals surface area contributed by atoms with Gasteiger partial charge in [-0.15, -0.1) is 0 Å². The predicted octanol–water partition coefficient (Wildman–Crippen LogP) is 0.458. The van der Waals surface area contributed by atoms with Crippen molar-refractivity contribution in [3.8, 4) is 0 Å². The summed E-state index contributed by atoms with van der Waals surface area (Å²) in [6, 6.07) is 6.14. The van der Waals surface area contributed by atoms with E-state index in [1.54, 1.807) is 6.07 Å². The maximum Gasteiger partial charge on any atom is 0.227 e. The molecule has 0 bridgehead atoms. The standard InChI is InChI=1S/C13H17FN2O2/c14-10-3-1-2-9(6-10)4-5-16-13(17)11-7-18-8-12(11)15/h1-3,6,11-12H,4-5,7-8,15H2,(H,16,17). The van der Waals surface area contributed by atoms with E-state index in [9.17, 15) is 9.18 Å². The SMILES string of the molecule is NC1COCC1C(=O)NCCc1cccc(F)c1. The minimum Gasteiger partial charge on any atom is -0.379 e. The minimum atomic E-state index is -0.266. The second-order valence-electron chi connectivity index (χ2n) is 4.48. The van der Waals surface area contributed by atoms with Crippen LogP contribution < -0.4 is 11.1 Å². The first-order valence-electron chi connectivity index (χ1n) is 6.02. The Bertz CT molecular complexity index is 425. The number of hydrogen-bond acceptors (Lipinski definition) is 3. The molecule has 1 fully saturated rings. The summed E-state index contributed by atoms with van der Waals surface area (Å²) < 4.78 is 18.1. The van der Waals surface area contributed by atoms with Gasteiger partial charge in [0.25, 0.3) is 0 Å². The van der Waals surface area contributed by atoms with Crippen LogP contribution in [0.2, 0.25) is 0 Å². The van der Waals surface area contributed by atoms with E-state index in [4.69, 9.17) is 10.5 Å². The molecule has 0 radical (unpaired) electrons. The van der Waals surface area contributed by atoms with Crippen LogP contribution in [-0.2, 0) is 16.0 Å². The van der Waals surface area contributed by atoms with Gasteiger partial charge in [0.1, 0.15) is 5.82 Å². The number of nitrogens with two attached hydrogens (primary N) is 1. The number of amides is 1. The van der Waals surface area contributed by atoms with Gasteiger partial charge in [-0.05, 0) is 24.1 Å². The smallest absolute Gasteiger partial charge is 0.227 e. The average Bonchev–Trinajstić information content (AvgIpc) is 2.75. The van der Waals surface area contributed by atoms with Gasteiger partial charge in [0.15, 0.2) is 0 Å². The average molecular weight is 252 g/mol.